The lowest BCUT2D eigenvalue weighted by atomic mass is 10.2. The summed E-state index contributed by atoms with van der Waals surface area (Å²) in [7, 11) is 0. The first-order valence-electron chi connectivity index (χ1n) is 9.10. The molecular formula is C19H24N4O3S. The lowest BCUT2D eigenvalue weighted by Crippen LogP contribution is -2.38. The predicted molar refractivity (Wildman–Crippen MR) is 105 cm³/mol. The van der Waals surface area contributed by atoms with Crippen molar-refractivity contribution in [2.75, 3.05) is 38.1 Å². The molecule has 0 radical (unpaired) electrons. The highest BCUT2D eigenvalue weighted by molar-refractivity contribution is 7.09. The molecule has 0 saturated carbocycles. The summed E-state index contributed by atoms with van der Waals surface area (Å²) in [4.78, 5) is 33.2. The van der Waals surface area contributed by atoms with Crippen LogP contribution in [0.2, 0.25) is 0 Å². The zero-order valence-corrected chi connectivity index (χ0v) is 16.2. The van der Waals surface area contributed by atoms with Gasteiger partial charge in [-0.1, -0.05) is 12.1 Å². The number of esters is 1. The third kappa shape index (κ3) is 5.27. The fourth-order valence-corrected chi connectivity index (χ4v) is 3.69. The van der Waals surface area contributed by atoms with E-state index in [1.807, 2.05) is 11.6 Å². The van der Waals surface area contributed by atoms with E-state index in [0.717, 1.165) is 31.1 Å². The first-order chi connectivity index (χ1) is 13.2. The van der Waals surface area contributed by atoms with Crippen molar-refractivity contribution in [2.24, 2.45) is 0 Å². The number of nitrogens with zero attached hydrogens (tertiary/aromatic N) is 3. The fourth-order valence-electron chi connectivity index (χ4n) is 3.03. The van der Waals surface area contributed by atoms with Crippen molar-refractivity contribution in [2.45, 2.75) is 19.9 Å². The molecule has 3 rings (SSSR count). The van der Waals surface area contributed by atoms with Crippen molar-refractivity contribution < 1.29 is 14.3 Å². The first kappa shape index (κ1) is 19.3. The standard InChI is InChI=1S/C19H24N4O3S/c1-2-26-18(24)15-6-3-4-7-16(15)21-19(25)23-10-5-9-22(11-12-23)14-17-20-8-13-27-17/h3-4,6-8,13H,2,5,9-12,14H2,1H3,(H,21,25). The van der Waals surface area contributed by atoms with Crippen LogP contribution in [0.3, 0.4) is 0 Å². The average molecular weight is 388 g/mol. The predicted octanol–water partition coefficient (Wildman–Crippen LogP) is 3.06. The van der Waals surface area contributed by atoms with Crippen molar-refractivity contribution in [3.05, 3.63) is 46.4 Å². The number of ether oxygens (including phenoxy) is 1. The summed E-state index contributed by atoms with van der Waals surface area (Å²) in [5.74, 6) is -0.432. The number of hydrogen-bond acceptors (Lipinski definition) is 6. The molecule has 1 aromatic heterocycles. The Kier molecular flexibility index (Phi) is 6.78. The minimum atomic E-state index is -0.432. The number of thiazole rings is 1. The molecule has 27 heavy (non-hydrogen) atoms. The first-order valence-corrected chi connectivity index (χ1v) is 9.98. The Hall–Kier alpha value is -2.45. The number of carbonyl (C=O) groups excluding carboxylic acids is 2. The van der Waals surface area contributed by atoms with Gasteiger partial charge in [0.1, 0.15) is 5.01 Å². The van der Waals surface area contributed by atoms with E-state index in [9.17, 15) is 9.59 Å². The van der Waals surface area contributed by atoms with Gasteiger partial charge in [0, 0.05) is 37.8 Å². The normalized spacial score (nSPS) is 15.2. The maximum atomic E-state index is 12.7. The SMILES string of the molecule is CCOC(=O)c1ccccc1NC(=O)N1CCCN(Cc2nccs2)CC1. The highest BCUT2D eigenvalue weighted by Crippen LogP contribution is 2.18. The molecular weight excluding hydrogens is 364 g/mol. The Labute approximate surface area is 162 Å². The van der Waals surface area contributed by atoms with E-state index in [1.54, 1.807) is 47.4 Å². The summed E-state index contributed by atoms with van der Waals surface area (Å²) in [6, 6.07) is 6.73. The van der Waals surface area contributed by atoms with Crippen LogP contribution in [-0.4, -0.2) is 59.6 Å². The molecule has 1 aliphatic heterocycles. The molecule has 144 valence electrons. The Morgan fingerprint density at radius 3 is 2.85 bits per heavy atom. The lowest BCUT2D eigenvalue weighted by molar-refractivity contribution is 0.0527. The molecule has 2 heterocycles. The van der Waals surface area contributed by atoms with Gasteiger partial charge in [-0.25, -0.2) is 14.6 Å². The van der Waals surface area contributed by atoms with Gasteiger partial charge >= 0.3 is 12.0 Å². The number of aromatic nitrogens is 1. The zero-order chi connectivity index (χ0) is 19.1. The number of rotatable bonds is 5. The monoisotopic (exact) mass is 388 g/mol. The van der Waals surface area contributed by atoms with E-state index in [2.05, 4.69) is 15.2 Å². The second-order valence-corrected chi connectivity index (χ2v) is 7.22. The van der Waals surface area contributed by atoms with Gasteiger partial charge in [0.05, 0.1) is 24.4 Å². The van der Waals surface area contributed by atoms with Crippen molar-refractivity contribution in [3.8, 4) is 0 Å². The Morgan fingerprint density at radius 2 is 2.07 bits per heavy atom. The van der Waals surface area contributed by atoms with Crippen molar-refractivity contribution in [1.82, 2.24) is 14.8 Å². The molecule has 1 aliphatic rings. The Bertz CT molecular complexity index is 766. The smallest absolute Gasteiger partial charge is 0.340 e. The maximum absolute atomic E-state index is 12.7. The molecule has 0 atom stereocenters. The third-order valence-electron chi connectivity index (χ3n) is 4.38. The van der Waals surface area contributed by atoms with Crippen LogP contribution >= 0.6 is 11.3 Å². The minimum Gasteiger partial charge on any atom is -0.462 e. The van der Waals surface area contributed by atoms with Crippen LogP contribution in [0.4, 0.5) is 10.5 Å². The summed E-state index contributed by atoms with van der Waals surface area (Å²) in [6.45, 7) is 5.92. The Balaban J connectivity index is 1.59. The number of nitrogens with one attached hydrogen (secondary N) is 1. The molecule has 0 unspecified atom stereocenters. The van der Waals surface area contributed by atoms with Crippen molar-refractivity contribution >= 4 is 29.0 Å². The van der Waals surface area contributed by atoms with Gasteiger partial charge in [-0.2, -0.15) is 0 Å². The molecule has 1 aromatic carbocycles. The molecule has 0 bridgehead atoms. The summed E-state index contributed by atoms with van der Waals surface area (Å²) in [5.41, 5.74) is 0.845. The van der Waals surface area contributed by atoms with Crippen LogP contribution in [0.1, 0.15) is 28.7 Å². The van der Waals surface area contributed by atoms with Gasteiger partial charge in [-0.3, -0.25) is 4.90 Å². The van der Waals surface area contributed by atoms with E-state index in [-0.39, 0.29) is 6.03 Å². The second-order valence-electron chi connectivity index (χ2n) is 6.24. The van der Waals surface area contributed by atoms with Crippen LogP contribution < -0.4 is 5.32 Å². The number of para-hydroxylation sites is 1. The average Bonchev–Trinajstić information content (AvgIpc) is 3.06. The highest BCUT2D eigenvalue weighted by Gasteiger charge is 2.21. The zero-order valence-electron chi connectivity index (χ0n) is 15.4. The molecule has 7 nitrogen and oxygen atoms in total. The Morgan fingerprint density at radius 1 is 1.22 bits per heavy atom. The van der Waals surface area contributed by atoms with Crippen LogP contribution in [0.5, 0.6) is 0 Å². The molecule has 2 aromatic rings. The number of anilines is 1. The minimum absolute atomic E-state index is 0.192. The van der Waals surface area contributed by atoms with Crippen molar-refractivity contribution in [3.63, 3.8) is 0 Å². The van der Waals surface area contributed by atoms with Crippen LogP contribution in [0, 0.1) is 0 Å². The van der Waals surface area contributed by atoms with E-state index >= 15 is 0 Å². The summed E-state index contributed by atoms with van der Waals surface area (Å²) >= 11 is 1.65. The van der Waals surface area contributed by atoms with Crippen molar-refractivity contribution in [1.29, 1.82) is 0 Å². The maximum Gasteiger partial charge on any atom is 0.340 e. The van der Waals surface area contributed by atoms with Crippen LogP contribution in [0.25, 0.3) is 0 Å². The van der Waals surface area contributed by atoms with Gasteiger partial charge in [0.2, 0.25) is 0 Å². The van der Waals surface area contributed by atoms with Gasteiger partial charge < -0.3 is 15.0 Å². The van der Waals surface area contributed by atoms with Gasteiger partial charge in [-0.15, -0.1) is 11.3 Å². The summed E-state index contributed by atoms with van der Waals surface area (Å²) < 4.78 is 5.06. The van der Waals surface area contributed by atoms with E-state index in [1.165, 1.54) is 0 Å². The number of hydrogen-bond donors (Lipinski definition) is 1. The van der Waals surface area contributed by atoms with Gasteiger partial charge in [0.25, 0.3) is 0 Å². The number of amides is 2. The molecule has 2 amide bonds. The molecule has 1 saturated heterocycles. The molecule has 0 spiro atoms. The van der Waals surface area contributed by atoms with Gasteiger partial charge in [-0.05, 0) is 25.5 Å². The topological polar surface area (TPSA) is 74.8 Å². The molecule has 1 N–H and O–H groups in total. The quantitative estimate of drug-likeness (QED) is 0.797. The highest BCUT2D eigenvalue weighted by atomic mass is 32.1. The van der Waals surface area contributed by atoms with Gasteiger partial charge in [0.15, 0.2) is 0 Å². The van der Waals surface area contributed by atoms with Crippen LogP contribution in [0.15, 0.2) is 35.8 Å². The van der Waals surface area contributed by atoms with E-state index < -0.39 is 5.97 Å². The molecule has 0 aliphatic carbocycles. The summed E-state index contributed by atoms with van der Waals surface area (Å²) in [5, 5.41) is 5.94. The largest absolute Gasteiger partial charge is 0.462 e. The molecule has 1 fully saturated rings. The lowest BCUT2D eigenvalue weighted by Gasteiger charge is -2.22. The molecule has 8 heteroatoms. The summed E-state index contributed by atoms with van der Waals surface area (Å²) in [6.07, 6.45) is 2.72. The number of carbonyl (C=O) groups is 2. The fraction of sp³-hybridized carbons (Fsp3) is 0.421. The third-order valence-corrected chi connectivity index (χ3v) is 5.15. The number of urea groups is 1. The second kappa shape index (κ2) is 9.48. The van der Waals surface area contributed by atoms with E-state index in [0.29, 0.717) is 30.9 Å². The number of benzene rings is 1. The van der Waals surface area contributed by atoms with Crippen LogP contribution in [-0.2, 0) is 11.3 Å². The van der Waals surface area contributed by atoms with E-state index in [4.69, 9.17) is 4.74 Å².